The predicted octanol–water partition coefficient (Wildman–Crippen LogP) is 6.58. The van der Waals surface area contributed by atoms with E-state index in [9.17, 15) is 18.0 Å². The second kappa shape index (κ2) is 10.6. The number of nitrogens with one attached hydrogen (secondary N) is 2. The van der Waals surface area contributed by atoms with E-state index in [0.717, 1.165) is 11.1 Å². The molecule has 6 nitrogen and oxygen atoms in total. The lowest BCUT2D eigenvalue weighted by atomic mass is 9.86. The van der Waals surface area contributed by atoms with E-state index in [1.54, 1.807) is 60.7 Å². The van der Waals surface area contributed by atoms with Gasteiger partial charge < -0.3 is 5.32 Å². The Morgan fingerprint density at radius 3 is 1.84 bits per heavy atom. The van der Waals surface area contributed by atoms with Crippen molar-refractivity contribution in [3.8, 4) is 0 Å². The van der Waals surface area contributed by atoms with Crippen LogP contribution in [0.2, 0.25) is 0 Å². The highest BCUT2D eigenvalue weighted by atomic mass is 32.2. The Balaban J connectivity index is 1.59. The molecular weight excluding hydrogens is 496 g/mol. The average molecular weight is 527 g/mol. The largest absolute Gasteiger partial charge is 0.321 e. The van der Waals surface area contributed by atoms with Crippen LogP contribution in [0.3, 0.4) is 0 Å². The van der Waals surface area contributed by atoms with Gasteiger partial charge in [-0.15, -0.1) is 0 Å². The highest BCUT2D eigenvalue weighted by Crippen LogP contribution is 2.26. The molecule has 4 aromatic rings. The summed E-state index contributed by atoms with van der Waals surface area (Å²) in [6, 6.07) is 27.0. The Labute approximate surface area is 223 Å². The Morgan fingerprint density at radius 2 is 1.24 bits per heavy atom. The standard InChI is InChI=1S/C31H30N2O4S/c1-21-13-19-24(20-14-21)38(36,37)33-28-12-8-6-10-26(28)30(35)32-27-11-7-5-9-25(27)29(34)22-15-17-23(18-16-22)31(2,3)4/h5-20,33H,1-4H3,(H,32,35). The van der Waals surface area contributed by atoms with Crippen molar-refractivity contribution in [1.29, 1.82) is 0 Å². The number of amides is 1. The van der Waals surface area contributed by atoms with Gasteiger partial charge in [0.1, 0.15) is 0 Å². The number of hydrogen-bond acceptors (Lipinski definition) is 4. The highest BCUT2D eigenvalue weighted by molar-refractivity contribution is 7.92. The fourth-order valence-electron chi connectivity index (χ4n) is 3.95. The molecule has 2 N–H and O–H groups in total. The molecule has 0 aliphatic rings. The minimum atomic E-state index is -3.91. The third-order valence-corrected chi connectivity index (χ3v) is 7.56. The van der Waals surface area contributed by atoms with Crippen LogP contribution in [0, 0.1) is 6.92 Å². The molecule has 1 amide bonds. The second-order valence-electron chi connectivity index (χ2n) is 10.1. The van der Waals surface area contributed by atoms with Crippen molar-refractivity contribution in [2.24, 2.45) is 0 Å². The molecule has 0 bridgehead atoms. The lowest BCUT2D eigenvalue weighted by Gasteiger charge is -2.19. The Hall–Kier alpha value is -4.23. The molecule has 0 heterocycles. The minimum Gasteiger partial charge on any atom is -0.321 e. The van der Waals surface area contributed by atoms with Crippen LogP contribution in [0.15, 0.2) is 102 Å². The van der Waals surface area contributed by atoms with Gasteiger partial charge in [0.2, 0.25) is 0 Å². The van der Waals surface area contributed by atoms with Gasteiger partial charge in [-0.1, -0.05) is 87.0 Å². The number of benzene rings is 4. The molecule has 194 valence electrons. The molecule has 7 heteroatoms. The molecule has 0 fully saturated rings. The van der Waals surface area contributed by atoms with Crippen molar-refractivity contribution in [2.75, 3.05) is 10.0 Å². The zero-order valence-corrected chi connectivity index (χ0v) is 22.6. The van der Waals surface area contributed by atoms with Gasteiger partial charge in [0.15, 0.2) is 5.78 Å². The molecule has 0 aromatic heterocycles. The molecule has 0 radical (unpaired) electrons. The first-order valence-corrected chi connectivity index (χ1v) is 13.7. The normalized spacial score (nSPS) is 11.6. The van der Waals surface area contributed by atoms with Crippen molar-refractivity contribution in [3.05, 3.63) is 125 Å². The fraction of sp³-hybridized carbons (Fsp3) is 0.161. The Kier molecular flexibility index (Phi) is 7.51. The lowest BCUT2D eigenvalue weighted by Crippen LogP contribution is -2.19. The summed E-state index contributed by atoms with van der Waals surface area (Å²) < 4.78 is 28.4. The van der Waals surface area contributed by atoms with Gasteiger partial charge in [-0.3, -0.25) is 14.3 Å². The molecule has 0 unspecified atom stereocenters. The van der Waals surface area contributed by atoms with E-state index in [2.05, 4.69) is 30.8 Å². The summed E-state index contributed by atoms with van der Waals surface area (Å²) in [5.41, 5.74) is 3.43. The number of hydrogen-bond donors (Lipinski definition) is 2. The third-order valence-electron chi connectivity index (χ3n) is 6.18. The summed E-state index contributed by atoms with van der Waals surface area (Å²) >= 11 is 0. The number of aryl methyl sites for hydroxylation is 1. The molecule has 4 aromatic carbocycles. The SMILES string of the molecule is Cc1ccc(S(=O)(=O)Nc2ccccc2C(=O)Nc2ccccc2C(=O)c2ccc(C(C)(C)C)cc2)cc1. The van der Waals surface area contributed by atoms with Gasteiger partial charge in [-0.2, -0.15) is 0 Å². The quantitative estimate of drug-likeness (QED) is 0.266. The molecule has 0 saturated carbocycles. The van der Waals surface area contributed by atoms with Gasteiger partial charge in [0, 0.05) is 11.1 Å². The first-order valence-electron chi connectivity index (χ1n) is 12.2. The highest BCUT2D eigenvalue weighted by Gasteiger charge is 2.21. The maximum Gasteiger partial charge on any atom is 0.261 e. The fourth-order valence-corrected chi connectivity index (χ4v) is 5.03. The first kappa shape index (κ1) is 26.8. The van der Waals surface area contributed by atoms with Gasteiger partial charge in [0.05, 0.1) is 21.8 Å². The lowest BCUT2D eigenvalue weighted by molar-refractivity contribution is 0.102. The van der Waals surface area contributed by atoms with Gasteiger partial charge in [0.25, 0.3) is 15.9 Å². The second-order valence-corrected chi connectivity index (χ2v) is 11.8. The molecule has 0 aliphatic heterocycles. The van der Waals surface area contributed by atoms with E-state index in [1.807, 2.05) is 19.1 Å². The average Bonchev–Trinajstić information content (AvgIpc) is 2.88. The monoisotopic (exact) mass is 526 g/mol. The van der Waals surface area contributed by atoms with E-state index < -0.39 is 15.9 Å². The van der Waals surface area contributed by atoms with Gasteiger partial charge in [-0.05, 0) is 54.3 Å². The summed E-state index contributed by atoms with van der Waals surface area (Å²) in [6.45, 7) is 8.18. The Morgan fingerprint density at radius 1 is 0.684 bits per heavy atom. The van der Waals surface area contributed by atoms with Crippen molar-refractivity contribution < 1.29 is 18.0 Å². The van der Waals surface area contributed by atoms with Gasteiger partial charge in [-0.25, -0.2) is 8.42 Å². The van der Waals surface area contributed by atoms with E-state index >= 15 is 0 Å². The summed E-state index contributed by atoms with van der Waals surface area (Å²) in [6.07, 6.45) is 0. The van der Waals surface area contributed by atoms with E-state index in [-0.39, 0.29) is 27.3 Å². The van der Waals surface area contributed by atoms with Crippen LogP contribution in [0.25, 0.3) is 0 Å². The smallest absolute Gasteiger partial charge is 0.261 e. The van der Waals surface area contributed by atoms with E-state index in [4.69, 9.17) is 0 Å². The van der Waals surface area contributed by atoms with Crippen LogP contribution >= 0.6 is 0 Å². The molecule has 4 rings (SSSR count). The zero-order chi connectivity index (χ0) is 27.5. The van der Waals surface area contributed by atoms with Crippen LogP contribution in [0.4, 0.5) is 11.4 Å². The van der Waals surface area contributed by atoms with Crippen LogP contribution in [0.5, 0.6) is 0 Å². The molecule has 0 saturated heterocycles. The molecular formula is C31H30N2O4S. The maximum absolute atomic E-state index is 13.3. The van der Waals surface area contributed by atoms with Crippen molar-refractivity contribution >= 4 is 33.1 Å². The summed E-state index contributed by atoms with van der Waals surface area (Å²) in [5.74, 6) is -0.773. The van der Waals surface area contributed by atoms with Crippen molar-refractivity contribution in [3.63, 3.8) is 0 Å². The van der Waals surface area contributed by atoms with Crippen molar-refractivity contribution in [2.45, 2.75) is 38.0 Å². The summed E-state index contributed by atoms with van der Waals surface area (Å²) in [7, 11) is -3.91. The molecule has 0 atom stereocenters. The number of ketones is 1. The van der Waals surface area contributed by atoms with Crippen LogP contribution in [0.1, 0.15) is 58.2 Å². The van der Waals surface area contributed by atoms with E-state index in [0.29, 0.717) is 16.8 Å². The molecule has 38 heavy (non-hydrogen) atoms. The first-order chi connectivity index (χ1) is 18.0. The summed E-state index contributed by atoms with van der Waals surface area (Å²) in [5, 5.41) is 2.79. The van der Waals surface area contributed by atoms with Gasteiger partial charge >= 0.3 is 0 Å². The Bertz CT molecular complexity index is 1580. The number of carbonyl (C=O) groups is 2. The zero-order valence-electron chi connectivity index (χ0n) is 21.8. The van der Waals surface area contributed by atoms with Crippen molar-refractivity contribution in [1.82, 2.24) is 0 Å². The van der Waals surface area contributed by atoms with Crippen LogP contribution in [-0.2, 0) is 15.4 Å². The number of anilines is 2. The van der Waals surface area contributed by atoms with Crippen LogP contribution in [-0.4, -0.2) is 20.1 Å². The van der Waals surface area contributed by atoms with E-state index in [1.165, 1.54) is 24.3 Å². The van der Waals surface area contributed by atoms with Crippen LogP contribution < -0.4 is 10.0 Å². The predicted molar refractivity (Wildman–Crippen MR) is 151 cm³/mol. The minimum absolute atomic E-state index is 0.0399. The topological polar surface area (TPSA) is 92.3 Å². The number of rotatable bonds is 7. The maximum atomic E-state index is 13.3. The summed E-state index contributed by atoms with van der Waals surface area (Å²) in [4.78, 5) is 26.7. The molecule has 0 spiro atoms. The number of carbonyl (C=O) groups excluding carboxylic acids is 2. The number of sulfonamides is 1. The third kappa shape index (κ3) is 6.01. The number of para-hydroxylation sites is 2. The molecule has 0 aliphatic carbocycles.